The van der Waals surface area contributed by atoms with Crippen molar-refractivity contribution in [3.8, 4) is 0 Å². The molecule has 0 saturated heterocycles. The van der Waals surface area contributed by atoms with Crippen LogP contribution in [0.15, 0.2) is 6.07 Å². The predicted octanol–water partition coefficient (Wildman–Crippen LogP) is 3.63. The number of ketones is 1. The third kappa shape index (κ3) is 5.55. The van der Waals surface area contributed by atoms with Gasteiger partial charge in [-0.25, -0.2) is 0 Å². The molecule has 0 aliphatic carbocycles. The van der Waals surface area contributed by atoms with Crippen molar-refractivity contribution in [1.29, 1.82) is 0 Å². The molecular weight excluding hydrogens is 258 g/mol. The summed E-state index contributed by atoms with van der Waals surface area (Å²) in [4.78, 5) is 25.7. The lowest BCUT2D eigenvalue weighted by atomic mass is 10.1. The van der Waals surface area contributed by atoms with Crippen molar-refractivity contribution in [2.75, 3.05) is 6.54 Å². The normalized spacial score (nSPS) is 10.5. The first-order valence-corrected chi connectivity index (χ1v) is 7.73. The topological polar surface area (TPSA) is 46.2 Å². The van der Waals surface area contributed by atoms with E-state index in [0.29, 0.717) is 12.8 Å². The number of thiophene rings is 1. The number of hydrogen-bond donors (Lipinski definition) is 1. The maximum absolute atomic E-state index is 12.0. The Balaban J connectivity index is 2.30. The zero-order valence-corrected chi connectivity index (χ0v) is 12.9. The van der Waals surface area contributed by atoms with Gasteiger partial charge in [-0.3, -0.25) is 9.59 Å². The number of unbranched alkanes of at least 4 members (excludes halogenated alkanes) is 2. The van der Waals surface area contributed by atoms with E-state index >= 15 is 0 Å². The van der Waals surface area contributed by atoms with Crippen molar-refractivity contribution in [3.05, 3.63) is 21.4 Å². The number of amides is 1. The Labute approximate surface area is 119 Å². The van der Waals surface area contributed by atoms with Gasteiger partial charge in [0, 0.05) is 34.7 Å². The Bertz CT molecular complexity index is 437. The van der Waals surface area contributed by atoms with E-state index in [0.717, 1.165) is 41.1 Å². The van der Waals surface area contributed by atoms with Crippen molar-refractivity contribution in [2.45, 2.75) is 52.9 Å². The molecule has 0 aliphatic rings. The fraction of sp³-hybridized carbons (Fsp3) is 0.600. The van der Waals surface area contributed by atoms with Crippen molar-refractivity contribution in [1.82, 2.24) is 5.32 Å². The Morgan fingerprint density at radius 2 is 1.95 bits per heavy atom. The number of carbonyl (C=O) groups excluding carboxylic acids is 2. The van der Waals surface area contributed by atoms with Crippen LogP contribution >= 0.6 is 11.3 Å². The summed E-state index contributed by atoms with van der Waals surface area (Å²) in [6, 6.07) is 1.92. The van der Waals surface area contributed by atoms with Crippen molar-refractivity contribution >= 4 is 23.0 Å². The highest BCUT2D eigenvalue weighted by molar-refractivity contribution is 7.12. The lowest BCUT2D eigenvalue weighted by molar-refractivity contribution is -0.121. The fourth-order valence-electron chi connectivity index (χ4n) is 1.96. The van der Waals surface area contributed by atoms with Gasteiger partial charge in [0.15, 0.2) is 5.78 Å². The molecule has 1 aromatic rings. The third-order valence-corrected chi connectivity index (χ3v) is 3.99. The van der Waals surface area contributed by atoms with Gasteiger partial charge in [0.05, 0.1) is 0 Å². The summed E-state index contributed by atoms with van der Waals surface area (Å²) in [7, 11) is 0. The molecule has 0 radical (unpaired) electrons. The lowest BCUT2D eigenvalue weighted by Crippen LogP contribution is -2.24. The molecule has 0 bridgehead atoms. The molecule has 0 aliphatic heterocycles. The number of aryl methyl sites for hydroxylation is 2. The van der Waals surface area contributed by atoms with Gasteiger partial charge in [0.2, 0.25) is 5.91 Å². The summed E-state index contributed by atoms with van der Waals surface area (Å²) in [6.45, 7) is 6.80. The van der Waals surface area contributed by atoms with Crippen molar-refractivity contribution in [3.63, 3.8) is 0 Å². The van der Waals surface area contributed by atoms with Crippen LogP contribution in [-0.2, 0) is 4.79 Å². The molecule has 1 amide bonds. The smallest absolute Gasteiger partial charge is 0.220 e. The molecule has 0 saturated carbocycles. The van der Waals surface area contributed by atoms with E-state index in [-0.39, 0.29) is 11.7 Å². The zero-order valence-electron chi connectivity index (χ0n) is 12.0. The minimum atomic E-state index is -0.0194. The van der Waals surface area contributed by atoms with Gasteiger partial charge in [-0.1, -0.05) is 19.8 Å². The average Bonchev–Trinajstić information content (AvgIpc) is 2.71. The highest BCUT2D eigenvalue weighted by atomic mass is 32.1. The number of rotatable bonds is 8. The van der Waals surface area contributed by atoms with Crippen LogP contribution in [0.4, 0.5) is 0 Å². The van der Waals surface area contributed by atoms with E-state index in [1.807, 2.05) is 19.9 Å². The van der Waals surface area contributed by atoms with E-state index in [2.05, 4.69) is 12.2 Å². The summed E-state index contributed by atoms with van der Waals surface area (Å²) in [5, 5.41) is 2.86. The Kier molecular flexibility index (Phi) is 6.78. The molecule has 106 valence electrons. The first kappa shape index (κ1) is 15.9. The van der Waals surface area contributed by atoms with E-state index < -0.39 is 0 Å². The van der Waals surface area contributed by atoms with Gasteiger partial charge < -0.3 is 5.32 Å². The fourth-order valence-corrected chi connectivity index (χ4v) is 2.90. The molecule has 4 heteroatoms. The maximum Gasteiger partial charge on any atom is 0.220 e. The van der Waals surface area contributed by atoms with Gasteiger partial charge in [-0.2, -0.15) is 0 Å². The summed E-state index contributed by atoms with van der Waals surface area (Å²) in [5.74, 6) is 0.0552. The molecule has 0 spiro atoms. The average molecular weight is 281 g/mol. The van der Waals surface area contributed by atoms with Crippen LogP contribution in [0, 0.1) is 13.8 Å². The molecule has 1 rings (SSSR count). The Morgan fingerprint density at radius 1 is 1.21 bits per heavy atom. The van der Waals surface area contributed by atoms with Gasteiger partial charge in [-0.05, 0) is 26.3 Å². The number of Topliss-reactive ketones (excluding diaryl/α,β-unsaturated/α-hetero) is 1. The summed E-state index contributed by atoms with van der Waals surface area (Å²) in [6.07, 6.45) is 3.88. The lowest BCUT2D eigenvalue weighted by Gasteiger charge is -2.04. The van der Waals surface area contributed by atoms with Crippen molar-refractivity contribution < 1.29 is 9.59 Å². The predicted molar refractivity (Wildman–Crippen MR) is 79.9 cm³/mol. The molecule has 0 unspecified atom stereocenters. The number of carbonyl (C=O) groups is 2. The monoisotopic (exact) mass is 281 g/mol. The second-order valence-corrected chi connectivity index (χ2v) is 6.27. The molecular formula is C15H23NO2S. The molecule has 3 nitrogen and oxygen atoms in total. The first-order valence-electron chi connectivity index (χ1n) is 6.91. The summed E-state index contributed by atoms with van der Waals surface area (Å²) in [5.41, 5.74) is 0.779. The SMILES string of the molecule is CCCCCNC(=O)CCC(=O)c1cc(C)sc1C. The summed E-state index contributed by atoms with van der Waals surface area (Å²) >= 11 is 1.63. The minimum absolute atomic E-state index is 0.0194. The minimum Gasteiger partial charge on any atom is -0.356 e. The van der Waals surface area contributed by atoms with Gasteiger partial charge in [0.25, 0.3) is 0 Å². The van der Waals surface area contributed by atoms with Crippen LogP contribution in [0.3, 0.4) is 0 Å². The Morgan fingerprint density at radius 3 is 2.53 bits per heavy atom. The molecule has 19 heavy (non-hydrogen) atoms. The maximum atomic E-state index is 12.0. The molecule has 0 aromatic carbocycles. The van der Waals surface area contributed by atoms with Crippen LogP contribution in [0.5, 0.6) is 0 Å². The van der Waals surface area contributed by atoms with E-state index in [4.69, 9.17) is 0 Å². The zero-order chi connectivity index (χ0) is 14.3. The van der Waals surface area contributed by atoms with Gasteiger partial charge >= 0.3 is 0 Å². The summed E-state index contributed by atoms with van der Waals surface area (Å²) < 4.78 is 0. The molecule has 0 atom stereocenters. The van der Waals surface area contributed by atoms with E-state index in [9.17, 15) is 9.59 Å². The quantitative estimate of drug-likeness (QED) is 0.584. The number of hydrogen-bond acceptors (Lipinski definition) is 3. The second-order valence-electron chi connectivity index (χ2n) is 4.81. The van der Waals surface area contributed by atoms with E-state index in [1.165, 1.54) is 0 Å². The standard InChI is InChI=1S/C15H23NO2S/c1-4-5-6-9-16-15(18)8-7-14(17)13-10-11(2)19-12(13)3/h10H,4-9H2,1-3H3,(H,16,18). The highest BCUT2D eigenvalue weighted by Gasteiger charge is 2.13. The number of nitrogens with one attached hydrogen (secondary N) is 1. The van der Waals surface area contributed by atoms with Crippen LogP contribution in [0.1, 0.15) is 59.1 Å². The van der Waals surface area contributed by atoms with Crippen LogP contribution in [-0.4, -0.2) is 18.2 Å². The molecule has 1 N–H and O–H groups in total. The van der Waals surface area contributed by atoms with Crippen LogP contribution < -0.4 is 5.32 Å². The van der Waals surface area contributed by atoms with Gasteiger partial charge in [0.1, 0.15) is 0 Å². The third-order valence-electron chi connectivity index (χ3n) is 3.02. The van der Waals surface area contributed by atoms with Crippen LogP contribution in [0.25, 0.3) is 0 Å². The highest BCUT2D eigenvalue weighted by Crippen LogP contribution is 2.22. The second kappa shape index (κ2) is 8.10. The molecule has 1 aromatic heterocycles. The van der Waals surface area contributed by atoms with E-state index in [1.54, 1.807) is 11.3 Å². The Hall–Kier alpha value is -1.16. The molecule has 1 heterocycles. The molecule has 0 fully saturated rings. The first-order chi connectivity index (χ1) is 9.04. The van der Waals surface area contributed by atoms with Gasteiger partial charge in [-0.15, -0.1) is 11.3 Å². The van der Waals surface area contributed by atoms with Crippen molar-refractivity contribution in [2.24, 2.45) is 0 Å². The van der Waals surface area contributed by atoms with Crippen LogP contribution in [0.2, 0.25) is 0 Å². The largest absolute Gasteiger partial charge is 0.356 e.